The molecular weight excluding hydrogens is 294 g/mol. The van der Waals surface area contributed by atoms with Gasteiger partial charge in [-0.3, -0.25) is 4.79 Å². The van der Waals surface area contributed by atoms with Gasteiger partial charge in [0.15, 0.2) is 0 Å². The average molecular weight is 315 g/mol. The van der Waals surface area contributed by atoms with E-state index < -0.39 is 12.0 Å². The van der Waals surface area contributed by atoms with Crippen molar-refractivity contribution in [2.24, 2.45) is 0 Å². The van der Waals surface area contributed by atoms with Crippen LogP contribution in [0.3, 0.4) is 0 Å². The second-order valence-electron chi connectivity index (χ2n) is 4.34. The summed E-state index contributed by atoms with van der Waals surface area (Å²) in [6.45, 7) is 6.37. The van der Waals surface area contributed by atoms with Gasteiger partial charge in [0.25, 0.3) is 0 Å². The zero-order valence-corrected chi connectivity index (χ0v) is 13.5. The highest BCUT2D eigenvalue weighted by Crippen LogP contribution is 2.26. The highest BCUT2D eigenvalue weighted by molar-refractivity contribution is 7.10. The van der Waals surface area contributed by atoms with Gasteiger partial charge in [0.2, 0.25) is 5.91 Å². The lowest BCUT2D eigenvalue weighted by atomic mass is 10.2. The number of ether oxygens (including phenoxy) is 2. The molecule has 118 valence electrons. The first kappa shape index (κ1) is 17.4. The van der Waals surface area contributed by atoms with Crippen molar-refractivity contribution in [1.82, 2.24) is 9.69 Å². The van der Waals surface area contributed by atoms with Gasteiger partial charge in [0, 0.05) is 13.7 Å². The molecule has 8 heteroatoms. The number of hydrogen-bond donors (Lipinski definition) is 2. The highest BCUT2D eigenvalue weighted by Gasteiger charge is 2.22. The summed E-state index contributed by atoms with van der Waals surface area (Å²) in [4.78, 5) is 23.8. The van der Waals surface area contributed by atoms with E-state index in [2.05, 4.69) is 15.0 Å². The molecule has 1 atom stereocenters. The molecule has 0 aromatic carbocycles. The van der Waals surface area contributed by atoms with Crippen LogP contribution < -0.4 is 10.6 Å². The van der Waals surface area contributed by atoms with Crippen LogP contribution in [-0.2, 0) is 14.3 Å². The largest absolute Gasteiger partial charge is 0.462 e. The maximum Gasteiger partial charge on any atom is 0.343 e. The fourth-order valence-corrected chi connectivity index (χ4v) is 2.47. The third-order valence-electron chi connectivity index (χ3n) is 2.69. The van der Waals surface area contributed by atoms with Crippen LogP contribution in [-0.4, -0.2) is 49.2 Å². The second-order valence-corrected chi connectivity index (χ2v) is 5.12. The third kappa shape index (κ3) is 4.98. The molecule has 0 fully saturated rings. The fourth-order valence-electron chi connectivity index (χ4n) is 1.60. The van der Waals surface area contributed by atoms with E-state index in [4.69, 9.17) is 9.47 Å². The van der Waals surface area contributed by atoms with Crippen molar-refractivity contribution < 1.29 is 19.1 Å². The molecule has 21 heavy (non-hydrogen) atoms. The fraction of sp³-hybridized carbons (Fsp3) is 0.615. The number of anilines is 1. The zero-order chi connectivity index (χ0) is 15.8. The Morgan fingerprint density at radius 3 is 2.76 bits per heavy atom. The standard InChI is InChI=1S/C13H21N3O4S/c1-5-20-13(18)10-8(2)16-21-12(10)15-9(3)11(17)14-6-7-19-4/h9,15H,5-7H2,1-4H3,(H,14,17). The van der Waals surface area contributed by atoms with Crippen molar-refractivity contribution in [3.05, 3.63) is 11.3 Å². The monoisotopic (exact) mass is 315 g/mol. The summed E-state index contributed by atoms with van der Waals surface area (Å²) in [5.74, 6) is -0.605. The molecule has 0 saturated carbocycles. The number of carbonyl (C=O) groups excluding carboxylic acids is 2. The number of nitrogens with one attached hydrogen (secondary N) is 2. The Kier molecular flexibility index (Phi) is 7.10. The summed E-state index contributed by atoms with van der Waals surface area (Å²) in [7, 11) is 1.57. The van der Waals surface area contributed by atoms with Gasteiger partial charge in [-0.25, -0.2) is 4.79 Å². The summed E-state index contributed by atoms with van der Waals surface area (Å²) in [6.07, 6.45) is 0. The zero-order valence-electron chi connectivity index (χ0n) is 12.7. The van der Waals surface area contributed by atoms with E-state index in [9.17, 15) is 9.59 Å². The Balaban J connectivity index is 2.70. The summed E-state index contributed by atoms with van der Waals surface area (Å²) < 4.78 is 14.0. The van der Waals surface area contributed by atoms with Crippen LogP contribution >= 0.6 is 11.5 Å². The van der Waals surface area contributed by atoms with Crippen LogP contribution in [0.25, 0.3) is 0 Å². The number of methoxy groups -OCH3 is 1. The van der Waals surface area contributed by atoms with Crippen LogP contribution in [0.15, 0.2) is 0 Å². The summed E-state index contributed by atoms with van der Waals surface area (Å²) in [5, 5.41) is 6.27. The number of amides is 1. The predicted molar refractivity (Wildman–Crippen MR) is 80.8 cm³/mol. The summed E-state index contributed by atoms with van der Waals surface area (Å²) in [5.41, 5.74) is 0.978. The SMILES string of the molecule is CCOC(=O)c1c(C)nsc1NC(C)C(=O)NCCOC. The predicted octanol–water partition coefficient (Wildman–Crippen LogP) is 1.19. The normalized spacial score (nSPS) is 11.8. The lowest BCUT2D eigenvalue weighted by Gasteiger charge is -2.14. The van der Waals surface area contributed by atoms with Crippen LogP contribution in [0, 0.1) is 6.92 Å². The first-order chi connectivity index (χ1) is 10.0. The van der Waals surface area contributed by atoms with E-state index in [1.54, 1.807) is 27.9 Å². The number of hydrogen-bond acceptors (Lipinski definition) is 7. The number of nitrogens with zero attached hydrogens (tertiary/aromatic N) is 1. The van der Waals surface area contributed by atoms with E-state index in [1.807, 2.05) is 0 Å². The molecule has 1 unspecified atom stereocenters. The Hall–Kier alpha value is -1.67. The Labute approximate surface area is 128 Å². The molecule has 0 aliphatic carbocycles. The molecule has 1 heterocycles. The smallest absolute Gasteiger partial charge is 0.343 e. The molecule has 0 radical (unpaired) electrons. The van der Waals surface area contributed by atoms with E-state index in [-0.39, 0.29) is 5.91 Å². The summed E-state index contributed by atoms with van der Waals surface area (Å²) in [6, 6.07) is -0.491. The maximum absolute atomic E-state index is 11.9. The van der Waals surface area contributed by atoms with E-state index in [0.717, 1.165) is 11.5 Å². The van der Waals surface area contributed by atoms with Gasteiger partial charge in [0.1, 0.15) is 16.6 Å². The molecule has 0 aliphatic heterocycles. The lowest BCUT2D eigenvalue weighted by Crippen LogP contribution is -2.39. The number of carbonyl (C=O) groups is 2. The molecule has 7 nitrogen and oxygen atoms in total. The minimum absolute atomic E-state index is 0.173. The summed E-state index contributed by atoms with van der Waals surface area (Å²) >= 11 is 1.14. The molecule has 1 aromatic heterocycles. The second kappa shape index (κ2) is 8.58. The molecule has 1 amide bonds. The maximum atomic E-state index is 11.9. The van der Waals surface area contributed by atoms with Crippen molar-refractivity contribution in [1.29, 1.82) is 0 Å². The molecule has 0 saturated heterocycles. The molecule has 2 N–H and O–H groups in total. The molecule has 0 aliphatic rings. The number of aromatic nitrogens is 1. The van der Waals surface area contributed by atoms with Crippen molar-refractivity contribution in [3.8, 4) is 0 Å². The molecule has 1 rings (SSSR count). The first-order valence-corrected chi connectivity index (χ1v) is 7.45. The Morgan fingerprint density at radius 2 is 2.14 bits per heavy atom. The van der Waals surface area contributed by atoms with Crippen molar-refractivity contribution in [2.45, 2.75) is 26.8 Å². The number of aryl methyl sites for hydroxylation is 1. The van der Waals surface area contributed by atoms with Crippen LogP contribution in [0.5, 0.6) is 0 Å². The lowest BCUT2D eigenvalue weighted by molar-refractivity contribution is -0.121. The first-order valence-electron chi connectivity index (χ1n) is 6.67. The third-order valence-corrected chi connectivity index (χ3v) is 3.56. The molecule has 0 bridgehead atoms. The Bertz CT molecular complexity index is 490. The van der Waals surface area contributed by atoms with Gasteiger partial charge in [-0.15, -0.1) is 0 Å². The molecular formula is C13H21N3O4S. The van der Waals surface area contributed by atoms with E-state index >= 15 is 0 Å². The minimum Gasteiger partial charge on any atom is -0.462 e. The number of esters is 1. The minimum atomic E-state index is -0.491. The van der Waals surface area contributed by atoms with E-state index in [1.165, 1.54) is 0 Å². The van der Waals surface area contributed by atoms with Gasteiger partial charge < -0.3 is 20.1 Å². The van der Waals surface area contributed by atoms with Gasteiger partial charge in [-0.1, -0.05) is 0 Å². The van der Waals surface area contributed by atoms with Crippen molar-refractivity contribution >= 4 is 28.4 Å². The van der Waals surface area contributed by atoms with Crippen LogP contribution in [0.1, 0.15) is 29.9 Å². The van der Waals surface area contributed by atoms with Crippen LogP contribution in [0.4, 0.5) is 5.00 Å². The van der Waals surface area contributed by atoms with Crippen molar-refractivity contribution in [2.75, 3.05) is 32.2 Å². The molecule has 0 spiro atoms. The molecule has 1 aromatic rings. The highest BCUT2D eigenvalue weighted by atomic mass is 32.1. The van der Waals surface area contributed by atoms with Gasteiger partial charge in [-0.05, 0) is 32.3 Å². The Morgan fingerprint density at radius 1 is 1.43 bits per heavy atom. The quantitative estimate of drug-likeness (QED) is 0.553. The van der Waals surface area contributed by atoms with Gasteiger partial charge in [0.05, 0.1) is 18.9 Å². The van der Waals surface area contributed by atoms with E-state index in [0.29, 0.717) is 36.0 Å². The van der Waals surface area contributed by atoms with Gasteiger partial charge >= 0.3 is 5.97 Å². The van der Waals surface area contributed by atoms with Crippen molar-refractivity contribution in [3.63, 3.8) is 0 Å². The van der Waals surface area contributed by atoms with Crippen LogP contribution in [0.2, 0.25) is 0 Å². The average Bonchev–Trinajstić information content (AvgIpc) is 2.80. The topological polar surface area (TPSA) is 89.5 Å². The van der Waals surface area contributed by atoms with Gasteiger partial charge in [-0.2, -0.15) is 4.37 Å². The number of rotatable bonds is 8.